The number of anilines is 1. The number of rotatable bonds is 6. The van der Waals surface area contributed by atoms with E-state index in [1.165, 1.54) is 34.2 Å². The number of carbonyl (C=O) groups is 1. The zero-order valence-corrected chi connectivity index (χ0v) is 18.5. The van der Waals surface area contributed by atoms with Crippen LogP contribution in [0, 0.1) is 20.8 Å². The van der Waals surface area contributed by atoms with Gasteiger partial charge in [-0.1, -0.05) is 70.6 Å². The van der Waals surface area contributed by atoms with Crippen LogP contribution in [0.15, 0.2) is 59.9 Å². The molecule has 152 valence electrons. The maximum atomic E-state index is 12.4. The van der Waals surface area contributed by atoms with E-state index < -0.39 is 0 Å². The second-order valence-corrected chi connectivity index (χ2v) is 9.05. The average Bonchev–Trinajstić information content (AvgIpc) is 3.34. The number of amides is 1. The maximum Gasteiger partial charge on any atom is 0.236 e. The van der Waals surface area contributed by atoms with Crippen LogP contribution in [0.4, 0.5) is 5.13 Å². The Morgan fingerprint density at radius 3 is 2.30 bits per heavy atom. The van der Waals surface area contributed by atoms with Crippen LogP contribution in [0.2, 0.25) is 0 Å². The van der Waals surface area contributed by atoms with Gasteiger partial charge in [-0.3, -0.25) is 14.7 Å². The Balaban J connectivity index is 1.61. The van der Waals surface area contributed by atoms with Gasteiger partial charge in [0.15, 0.2) is 5.16 Å². The van der Waals surface area contributed by atoms with E-state index >= 15 is 0 Å². The van der Waals surface area contributed by atoms with Crippen molar-refractivity contribution in [2.75, 3.05) is 11.1 Å². The molecule has 0 aliphatic rings. The summed E-state index contributed by atoms with van der Waals surface area (Å²) in [7, 11) is 0. The molecule has 0 unspecified atom stereocenters. The third-order valence-electron chi connectivity index (χ3n) is 4.47. The third kappa shape index (κ3) is 4.60. The monoisotopic (exact) mass is 435 g/mol. The number of imidazole rings is 1. The maximum absolute atomic E-state index is 12.4. The topological polar surface area (TPSA) is 72.7 Å². The molecule has 4 rings (SSSR count). The van der Waals surface area contributed by atoms with Crippen molar-refractivity contribution in [3.8, 4) is 16.9 Å². The first-order valence-electron chi connectivity index (χ1n) is 9.44. The molecule has 30 heavy (non-hydrogen) atoms. The van der Waals surface area contributed by atoms with Crippen molar-refractivity contribution in [2.24, 2.45) is 0 Å². The Morgan fingerprint density at radius 2 is 1.67 bits per heavy atom. The number of thioether (sulfide) groups is 1. The molecule has 0 saturated heterocycles. The summed E-state index contributed by atoms with van der Waals surface area (Å²) < 4.78 is 2.09. The molecule has 8 heteroatoms. The predicted octanol–water partition coefficient (Wildman–Crippen LogP) is 5.05. The summed E-state index contributed by atoms with van der Waals surface area (Å²) in [5.41, 5.74) is 5.47. The highest BCUT2D eigenvalue weighted by Gasteiger charge is 2.16. The molecule has 1 N–H and O–H groups in total. The minimum atomic E-state index is -0.133. The highest BCUT2D eigenvalue weighted by molar-refractivity contribution is 7.99. The van der Waals surface area contributed by atoms with Gasteiger partial charge in [0, 0.05) is 11.3 Å². The number of hydrogen-bond acceptors (Lipinski definition) is 6. The van der Waals surface area contributed by atoms with Gasteiger partial charge in [-0.15, -0.1) is 10.2 Å². The molecule has 0 saturated carbocycles. The summed E-state index contributed by atoms with van der Waals surface area (Å²) in [6, 6.07) is 16.7. The Morgan fingerprint density at radius 1 is 1.00 bits per heavy atom. The summed E-state index contributed by atoms with van der Waals surface area (Å²) in [6.07, 6.45) is 1.86. The second-order valence-electron chi connectivity index (χ2n) is 6.93. The lowest BCUT2D eigenvalue weighted by molar-refractivity contribution is -0.113. The molecule has 0 radical (unpaired) electrons. The van der Waals surface area contributed by atoms with Crippen LogP contribution >= 0.6 is 23.1 Å². The van der Waals surface area contributed by atoms with Crippen LogP contribution in [0.1, 0.15) is 16.1 Å². The van der Waals surface area contributed by atoms with Crippen LogP contribution in [0.25, 0.3) is 16.9 Å². The fourth-order valence-electron chi connectivity index (χ4n) is 2.94. The first kappa shape index (κ1) is 20.3. The van der Waals surface area contributed by atoms with Gasteiger partial charge in [-0.05, 0) is 32.9 Å². The smallest absolute Gasteiger partial charge is 0.236 e. The number of aryl methyl sites for hydroxylation is 3. The molecular formula is C22H21N5OS2. The minimum absolute atomic E-state index is 0.133. The molecule has 0 spiro atoms. The van der Waals surface area contributed by atoms with Crippen LogP contribution in [-0.4, -0.2) is 31.4 Å². The Labute approximate surface area is 183 Å². The summed E-state index contributed by atoms with van der Waals surface area (Å²) >= 11 is 2.75. The van der Waals surface area contributed by atoms with Crippen LogP contribution < -0.4 is 5.32 Å². The van der Waals surface area contributed by atoms with E-state index in [4.69, 9.17) is 0 Å². The van der Waals surface area contributed by atoms with Gasteiger partial charge in [-0.2, -0.15) is 0 Å². The molecule has 6 nitrogen and oxygen atoms in total. The lowest BCUT2D eigenvalue weighted by Crippen LogP contribution is -2.14. The standard InChI is InChI=1S/C22H21N5OS2/c1-14-4-8-17(9-5-14)19-12-23-22(27(19)18-10-6-15(2)7-11-18)29-13-20(28)24-21-26-25-16(3)30-21/h4-12H,13H2,1-3H3,(H,24,26,28). The molecule has 1 amide bonds. The molecule has 2 heterocycles. The zero-order chi connectivity index (χ0) is 21.1. The second kappa shape index (κ2) is 8.81. The van der Waals surface area contributed by atoms with Gasteiger partial charge in [0.05, 0.1) is 17.6 Å². The number of hydrogen-bond donors (Lipinski definition) is 1. The number of nitrogens with one attached hydrogen (secondary N) is 1. The van der Waals surface area contributed by atoms with Crippen molar-refractivity contribution in [1.82, 2.24) is 19.7 Å². The molecule has 4 aromatic rings. The van der Waals surface area contributed by atoms with Crippen LogP contribution in [-0.2, 0) is 4.79 Å². The normalized spacial score (nSPS) is 10.9. The van der Waals surface area contributed by atoms with Crippen molar-refractivity contribution >= 4 is 34.1 Å². The van der Waals surface area contributed by atoms with Crippen molar-refractivity contribution < 1.29 is 4.79 Å². The summed E-state index contributed by atoms with van der Waals surface area (Å²) in [6.45, 7) is 5.99. The highest BCUT2D eigenvalue weighted by atomic mass is 32.2. The minimum Gasteiger partial charge on any atom is -0.300 e. The van der Waals surface area contributed by atoms with Gasteiger partial charge >= 0.3 is 0 Å². The molecular weight excluding hydrogens is 414 g/mol. The first-order chi connectivity index (χ1) is 14.5. The Bertz CT molecular complexity index is 1160. The third-order valence-corrected chi connectivity index (χ3v) is 6.18. The molecule has 0 bridgehead atoms. The Kier molecular flexibility index (Phi) is 5.96. The van der Waals surface area contributed by atoms with E-state index in [-0.39, 0.29) is 11.7 Å². The molecule has 0 fully saturated rings. The van der Waals surface area contributed by atoms with E-state index in [1.54, 1.807) is 0 Å². The van der Waals surface area contributed by atoms with Gasteiger partial charge in [0.1, 0.15) is 5.01 Å². The first-order valence-corrected chi connectivity index (χ1v) is 11.2. The van der Waals surface area contributed by atoms with E-state index in [9.17, 15) is 4.79 Å². The van der Waals surface area contributed by atoms with Crippen LogP contribution in [0.3, 0.4) is 0 Å². The van der Waals surface area contributed by atoms with Gasteiger partial charge in [-0.25, -0.2) is 4.98 Å². The largest absolute Gasteiger partial charge is 0.300 e. The highest BCUT2D eigenvalue weighted by Crippen LogP contribution is 2.30. The SMILES string of the molecule is Cc1ccc(-c2cnc(SCC(=O)Nc3nnc(C)s3)n2-c2ccc(C)cc2)cc1. The zero-order valence-electron chi connectivity index (χ0n) is 16.9. The van der Waals surface area contributed by atoms with Crippen molar-refractivity contribution in [1.29, 1.82) is 0 Å². The predicted molar refractivity (Wildman–Crippen MR) is 122 cm³/mol. The molecule has 0 atom stereocenters. The number of benzene rings is 2. The quantitative estimate of drug-likeness (QED) is 0.429. The lowest BCUT2D eigenvalue weighted by atomic mass is 10.1. The summed E-state index contributed by atoms with van der Waals surface area (Å²) in [4.78, 5) is 17.0. The van der Waals surface area contributed by atoms with E-state index in [1.807, 2.05) is 13.1 Å². The fourth-order valence-corrected chi connectivity index (χ4v) is 4.34. The fraction of sp³-hybridized carbons (Fsp3) is 0.182. The average molecular weight is 436 g/mol. The van der Waals surface area contributed by atoms with Crippen molar-refractivity contribution in [2.45, 2.75) is 25.9 Å². The Hall–Kier alpha value is -2.97. The number of aromatic nitrogens is 4. The number of carbonyl (C=O) groups excluding carboxylic acids is 1. The summed E-state index contributed by atoms with van der Waals surface area (Å²) in [5, 5.41) is 12.7. The molecule has 2 aromatic carbocycles. The van der Waals surface area contributed by atoms with Crippen molar-refractivity contribution in [3.05, 3.63) is 70.9 Å². The lowest BCUT2D eigenvalue weighted by Gasteiger charge is -2.12. The van der Waals surface area contributed by atoms with Gasteiger partial charge in [0.2, 0.25) is 11.0 Å². The van der Waals surface area contributed by atoms with E-state index in [0.29, 0.717) is 5.13 Å². The van der Waals surface area contributed by atoms with Crippen LogP contribution in [0.5, 0.6) is 0 Å². The number of nitrogens with zero attached hydrogens (tertiary/aromatic N) is 4. The van der Waals surface area contributed by atoms with Gasteiger partial charge in [0.25, 0.3) is 0 Å². The van der Waals surface area contributed by atoms with E-state index in [0.717, 1.165) is 27.1 Å². The summed E-state index contributed by atoms with van der Waals surface area (Å²) in [5.74, 6) is 0.0981. The molecule has 2 aromatic heterocycles. The van der Waals surface area contributed by atoms with Gasteiger partial charge < -0.3 is 0 Å². The molecule has 0 aliphatic carbocycles. The molecule has 0 aliphatic heterocycles. The van der Waals surface area contributed by atoms with Crippen molar-refractivity contribution in [3.63, 3.8) is 0 Å². The van der Waals surface area contributed by atoms with E-state index in [2.05, 4.69) is 87.4 Å².